The van der Waals surface area contributed by atoms with Crippen LogP contribution in [0.15, 0.2) is 0 Å². The Bertz CT molecular complexity index is 265. The molecule has 0 spiro atoms. The molecule has 112 valence electrons. The van der Waals surface area contributed by atoms with Crippen molar-refractivity contribution in [1.29, 1.82) is 0 Å². The van der Waals surface area contributed by atoms with E-state index in [1.807, 2.05) is 13.8 Å². The van der Waals surface area contributed by atoms with E-state index >= 15 is 0 Å². The van der Waals surface area contributed by atoms with Gasteiger partial charge in [0.1, 0.15) is 0 Å². The van der Waals surface area contributed by atoms with Crippen molar-refractivity contribution in [2.24, 2.45) is 17.6 Å². The lowest BCUT2D eigenvalue weighted by molar-refractivity contribution is -0.125. The SMILES string of the molecule is CCC1CCCC(NC(=O)C(C)CCCC(C)N)C1. The Labute approximate surface area is 118 Å². The molecule has 3 N–H and O–H groups in total. The summed E-state index contributed by atoms with van der Waals surface area (Å²) in [5.74, 6) is 1.18. The molecular weight excluding hydrogens is 236 g/mol. The quantitative estimate of drug-likeness (QED) is 0.745. The van der Waals surface area contributed by atoms with Gasteiger partial charge in [-0.15, -0.1) is 0 Å². The zero-order valence-electron chi connectivity index (χ0n) is 13.0. The lowest BCUT2D eigenvalue weighted by Gasteiger charge is -2.30. The molecule has 1 aliphatic rings. The maximum atomic E-state index is 12.1. The van der Waals surface area contributed by atoms with Gasteiger partial charge in [-0.2, -0.15) is 0 Å². The Hall–Kier alpha value is -0.570. The first-order chi connectivity index (χ1) is 9.02. The smallest absolute Gasteiger partial charge is 0.223 e. The lowest BCUT2D eigenvalue weighted by atomic mass is 9.84. The minimum atomic E-state index is 0.126. The van der Waals surface area contributed by atoms with Crippen LogP contribution >= 0.6 is 0 Å². The van der Waals surface area contributed by atoms with E-state index in [9.17, 15) is 4.79 Å². The molecule has 1 amide bonds. The Morgan fingerprint density at radius 3 is 2.68 bits per heavy atom. The Morgan fingerprint density at radius 1 is 1.32 bits per heavy atom. The summed E-state index contributed by atoms with van der Waals surface area (Å²) in [5.41, 5.74) is 5.73. The van der Waals surface area contributed by atoms with Crippen LogP contribution in [0.4, 0.5) is 0 Å². The summed E-state index contributed by atoms with van der Waals surface area (Å²) < 4.78 is 0. The Kier molecular flexibility index (Phi) is 7.44. The maximum absolute atomic E-state index is 12.1. The fourth-order valence-corrected chi connectivity index (χ4v) is 3.01. The fourth-order valence-electron chi connectivity index (χ4n) is 3.01. The molecule has 1 saturated carbocycles. The molecule has 19 heavy (non-hydrogen) atoms. The molecule has 0 radical (unpaired) electrons. The number of nitrogens with one attached hydrogen (secondary N) is 1. The van der Waals surface area contributed by atoms with E-state index in [1.54, 1.807) is 0 Å². The van der Waals surface area contributed by atoms with Crippen LogP contribution in [0.5, 0.6) is 0 Å². The van der Waals surface area contributed by atoms with Crippen LogP contribution < -0.4 is 11.1 Å². The molecule has 0 aromatic rings. The molecule has 1 fully saturated rings. The van der Waals surface area contributed by atoms with Gasteiger partial charge in [-0.25, -0.2) is 0 Å². The summed E-state index contributed by atoms with van der Waals surface area (Å²) in [5, 5.41) is 3.25. The predicted octanol–water partition coefficient (Wildman–Crippen LogP) is 3.23. The van der Waals surface area contributed by atoms with E-state index in [0.29, 0.717) is 6.04 Å². The predicted molar refractivity (Wildman–Crippen MR) is 80.8 cm³/mol. The third-order valence-corrected chi connectivity index (χ3v) is 4.45. The second-order valence-corrected chi connectivity index (χ2v) is 6.46. The van der Waals surface area contributed by atoms with Crippen LogP contribution in [0.1, 0.15) is 72.1 Å². The van der Waals surface area contributed by atoms with Gasteiger partial charge in [0, 0.05) is 18.0 Å². The second kappa shape index (κ2) is 8.57. The van der Waals surface area contributed by atoms with Gasteiger partial charge in [0.25, 0.3) is 0 Å². The molecule has 0 saturated heterocycles. The summed E-state index contributed by atoms with van der Waals surface area (Å²) in [6, 6.07) is 0.668. The van der Waals surface area contributed by atoms with Crippen LogP contribution in [0.25, 0.3) is 0 Å². The number of hydrogen-bond acceptors (Lipinski definition) is 2. The average Bonchev–Trinajstić information content (AvgIpc) is 2.38. The normalized spacial score (nSPS) is 26.7. The third kappa shape index (κ3) is 6.42. The molecule has 3 heteroatoms. The summed E-state index contributed by atoms with van der Waals surface area (Å²) >= 11 is 0. The first-order valence-electron chi connectivity index (χ1n) is 8.08. The van der Waals surface area contributed by atoms with Crippen molar-refractivity contribution in [3.05, 3.63) is 0 Å². The van der Waals surface area contributed by atoms with Crippen molar-refractivity contribution in [2.45, 2.75) is 84.2 Å². The van der Waals surface area contributed by atoms with E-state index in [4.69, 9.17) is 5.73 Å². The standard InChI is InChI=1S/C16H32N2O/c1-4-14-9-6-10-15(11-14)18-16(19)12(2)7-5-8-13(3)17/h12-15H,4-11,17H2,1-3H3,(H,18,19). The molecule has 0 heterocycles. The number of hydrogen-bond donors (Lipinski definition) is 2. The minimum Gasteiger partial charge on any atom is -0.353 e. The molecule has 0 bridgehead atoms. The summed E-state index contributed by atoms with van der Waals surface area (Å²) in [7, 11) is 0. The van der Waals surface area contributed by atoms with Crippen molar-refractivity contribution in [3.63, 3.8) is 0 Å². The molecular formula is C16H32N2O. The van der Waals surface area contributed by atoms with E-state index in [-0.39, 0.29) is 17.9 Å². The van der Waals surface area contributed by atoms with Crippen LogP contribution in [-0.2, 0) is 4.79 Å². The molecule has 4 unspecified atom stereocenters. The summed E-state index contributed by atoms with van der Waals surface area (Å²) in [4.78, 5) is 12.1. The van der Waals surface area contributed by atoms with Gasteiger partial charge < -0.3 is 11.1 Å². The van der Waals surface area contributed by atoms with Crippen molar-refractivity contribution < 1.29 is 4.79 Å². The lowest BCUT2D eigenvalue weighted by Crippen LogP contribution is -2.41. The van der Waals surface area contributed by atoms with Crippen molar-refractivity contribution in [2.75, 3.05) is 0 Å². The third-order valence-electron chi connectivity index (χ3n) is 4.45. The highest BCUT2D eigenvalue weighted by Gasteiger charge is 2.23. The first-order valence-corrected chi connectivity index (χ1v) is 8.08. The summed E-state index contributed by atoms with van der Waals surface area (Å²) in [6.45, 7) is 6.32. The van der Waals surface area contributed by atoms with Crippen molar-refractivity contribution in [1.82, 2.24) is 5.32 Å². The van der Waals surface area contributed by atoms with E-state index < -0.39 is 0 Å². The minimum absolute atomic E-state index is 0.126. The monoisotopic (exact) mass is 268 g/mol. The number of rotatable bonds is 7. The fraction of sp³-hybridized carbons (Fsp3) is 0.938. The zero-order chi connectivity index (χ0) is 14.3. The molecule has 1 aliphatic carbocycles. The van der Waals surface area contributed by atoms with Crippen molar-refractivity contribution >= 4 is 5.91 Å². The van der Waals surface area contributed by atoms with Crippen LogP contribution in [0.2, 0.25) is 0 Å². The largest absolute Gasteiger partial charge is 0.353 e. The van der Waals surface area contributed by atoms with Gasteiger partial charge in [-0.1, -0.05) is 39.5 Å². The second-order valence-electron chi connectivity index (χ2n) is 6.46. The maximum Gasteiger partial charge on any atom is 0.223 e. The van der Waals surface area contributed by atoms with Crippen LogP contribution in [0, 0.1) is 11.8 Å². The average molecular weight is 268 g/mol. The summed E-state index contributed by atoms with van der Waals surface area (Å²) in [6.07, 6.45) is 9.21. The van der Waals surface area contributed by atoms with E-state index in [1.165, 1.54) is 25.7 Å². The van der Waals surface area contributed by atoms with E-state index in [2.05, 4.69) is 12.2 Å². The Balaban J connectivity index is 2.25. The molecule has 0 aromatic carbocycles. The molecule has 4 atom stereocenters. The van der Waals surface area contributed by atoms with Gasteiger partial charge in [0.15, 0.2) is 0 Å². The molecule has 0 aliphatic heterocycles. The molecule has 1 rings (SSSR count). The van der Waals surface area contributed by atoms with Crippen molar-refractivity contribution in [3.8, 4) is 0 Å². The molecule has 3 nitrogen and oxygen atoms in total. The topological polar surface area (TPSA) is 55.1 Å². The number of carbonyl (C=O) groups is 1. The number of nitrogens with two attached hydrogens (primary N) is 1. The van der Waals surface area contributed by atoms with Crippen LogP contribution in [-0.4, -0.2) is 18.0 Å². The van der Waals surface area contributed by atoms with Gasteiger partial charge in [-0.05, 0) is 38.5 Å². The van der Waals surface area contributed by atoms with Gasteiger partial charge in [0.2, 0.25) is 5.91 Å². The highest BCUT2D eigenvalue weighted by molar-refractivity contribution is 5.78. The van der Waals surface area contributed by atoms with Gasteiger partial charge in [-0.3, -0.25) is 4.79 Å². The van der Waals surface area contributed by atoms with Gasteiger partial charge in [0.05, 0.1) is 0 Å². The Morgan fingerprint density at radius 2 is 2.05 bits per heavy atom. The van der Waals surface area contributed by atoms with E-state index in [0.717, 1.165) is 31.6 Å². The highest BCUT2D eigenvalue weighted by Crippen LogP contribution is 2.26. The van der Waals surface area contributed by atoms with Crippen LogP contribution in [0.3, 0.4) is 0 Å². The zero-order valence-corrected chi connectivity index (χ0v) is 13.0. The molecule has 0 aromatic heterocycles. The first kappa shape index (κ1) is 16.5. The number of amides is 1. The van der Waals surface area contributed by atoms with Gasteiger partial charge >= 0.3 is 0 Å². The number of carbonyl (C=O) groups excluding carboxylic acids is 1. The highest BCUT2D eigenvalue weighted by atomic mass is 16.1.